The van der Waals surface area contributed by atoms with Crippen LogP contribution in [0, 0.1) is 16.7 Å². The third-order valence-corrected chi connectivity index (χ3v) is 17.7. The van der Waals surface area contributed by atoms with Gasteiger partial charge in [0.15, 0.2) is 8.24 Å². The Labute approximate surface area is 198 Å². The number of hydrogen-bond donors (Lipinski definition) is 0. The largest absolute Gasteiger partial charge is 0.373 e. The van der Waals surface area contributed by atoms with Gasteiger partial charge in [-0.1, -0.05) is 89.5 Å². The van der Waals surface area contributed by atoms with Gasteiger partial charge in [0.1, 0.15) is 5.78 Å². The Bertz CT molecular complexity index is 986. The maximum atomic E-state index is 13.9. The van der Waals surface area contributed by atoms with Crippen LogP contribution in [-0.2, 0) is 4.79 Å². The number of benzene rings is 1. The third-order valence-electron chi connectivity index (χ3n) is 9.81. The van der Waals surface area contributed by atoms with Gasteiger partial charge in [0, 0.05) is 33.8 Å². The molecule has 2 fully saturated rings. The number of carbonyl (C=O) groups is 1. The van der Waals surface area contributed by atoms with E-state index in [4.69, 9.17) is 0 Å². The summed E-state index contributed by atoms with van der Waals surface area (Å²) >= 11 is 3.81. The lowest BCUT2D eigenvalue weighted by molar-refractivity contribution is -0.129. The monoisotopic (exact) mass is 501 g/mol. The van der Waals surface area contributed by atoms with Gasteiger partial charge in [0.2, 0.25) is 0 Å². The van der Waals surface area contributed by atoms with Crippen LogP contribution in [0.2, 0.25) is 16.6 Å². The van der Waals surface area contributed by atoms with Crippen LogP contribution in [0.25, 0.3) is 10.9 Å². The molecule has 2 aromatic rings. The highest BCUT2D eigenvalue weighted by Crippen LogP contribution is 2.69. The van der Waals surface area contributed by atoms with Crippen LogP contribution in [0.15, 0.2) is 30.5 Å². The average Bonchev–Trinajstić information content (AvgIpc) is 3.25. The third kappa shape index (κ3) is 2.76. The molecule has 2 saturated carbocycles. The van der Waals surface area contributed by atoms with Gasteiger partial charge in [-0.15, -0.1) is 0 Å². The maximum Gasteiger partial charge on any atom is 0.169 e. The maximum absolute atomic E-state index is 13.9. The summed E-state index contributed by atoms with van der Waals surface area (Å²) in [5, 5.41) is 2.22. The van der Waals surface area contributed by atoms with E-state index in [1.54, 1.807) is 0 Å². The van der Waals surface area contributed by atoms with E-state index in [2.05, 4.69) is 106 Å². The van der Waals surface area contributed by atoms with Crippen molar-refractivity contribution in [1.82, 2.24) is 4.23 Å². The van der Waals surface area contributed by atoms with Gasteiger partial charge in [0.25, 0.3) is 0 Å². The second kappa shape index (κ2) is 7.58. The molecule has 2 aliphatic carbocycles. The molecule has 0 aliphatic heterocycles. The Hall–Kier alpha value is -0.873. The summed E-state index contributed by atoms with van der Waals surface area (Å²) in [6, 6.07) is 8.91. The van der Waals surface area contributed by atoms with E-state index >= 15 is 0 Å². The number of rotatable bonds is 6. The lowest BCUT2D eigenvalue weighted by Gasteiger charge is -2.44. The van der Waals surface area contributed by atoms with E-state index in [1.807, 2.05) is 0 Å². The van der Waals surface area contributed by atoms with E-state index in [9.17, 15) is 4.79 Å². The molecule has 2 bridgehead atoms. The molecule has 2 aliphatic rings. The molecule has 4 atom stereocenters. The second-order valence-electron chi connectivity index (χ2n) is 11.7. The number of ketones is 1. The van der Waals surface area contributed by atoms with Crippen molar-refractivity contribution in [3.63, 3.8) is 0 Å². The number of nitrogens with zero attached hydrogens (tertiary/aromatic N) is 1. The fourth-order valence-electron chi connectivity index (χ4n) is 8.14. The van der Waals surface area contributed by atoms with Crippen molar-refractivity contribution < 1.29 is 4.79 Å². The number of Topliss-reactive ketones (excluding diaryl/α,β-unsaturated/α-hetero) is 1. The van der Waals surface area contributed by atoms with Crippen LogP contribution in [0.4, 0.5) is 0 Å². The lowest BCUT2D eigenvalue weighted by atomic mass is 9.70. The number of fused-ring (bicyclic) bond motifs is 3. The summed E-state index contributed by atoms with van der Waals surface area (Å²) in [6.45, 7) is 19.1. The fraction of sp³-hybridized carbons (Fsp3) is 0.667. The first-order chi connectivity index (χ1) is 14.5. The minimum Gasteiger partial charge on any atom is -0.373 e. The molecule has 4 rings (SSSR count). The van der Waals surface area contributed by atoms with Crippen LogP contribution >= 0.6 is 15.9 Å². The molecule has 0 N–H and O–H groups in total. The average molecular weight is 503 g/mol. The van der Waals surface area contributed by atoms with Crippen molar-refractivity contribution >= 4 is 40.9 Å². The molecule has 170 valence electrons. The SMILES string of the molecule is CC(C)[Si](C(C)C)(C(C)C)n1cc([C@@H]2C(=O)[C@]3(C)CC[C@H]2[C@@]3(C)CBr)c2ccccc21. The lowest BCUT2D eigenvalue weighted by Crippen LogP contribution is -2.51. The van der Waals surface area contributed by atoms with Gasteiger partial charge in [-0.05, 0) is 52.4 Å². The molecule has 0 amide bonds. The van der Waals surface area contributed by atoms with E-state index in [-0.39, 0.29) is 16.7 Å². The molecule has 2 nitrogen and oxygen atoms in total. The van der Waals surface area contributed by atoms with E-state index in [0.29, 0.717) is 28.3 Å². The first-order valence-electron chi connectivity index (χ1n) is 12.2. The van der Waals surface area contributed by atoms with E-state index < -0.39 is 8.24 Å². The fourth-order valence-corrected chi connectivity index (χ4v) is 15.8. The quantitative estimate of drug-likeness (QED) is 0.289. The minimum atomic E-state index is -1.91. The highest BCUT2D eigenvalue weighted by Gasteiger charge is 2.68. The van der Waals surface area contributed by atoms with Crippen LogP contribution in [0.1, 0.15) is 79.7 Å². The molecule has 31 heavy (non-hydrogen) atoms. The first-order valence-corrected chi connectivity index (χ1v) is 15.5. The van der Waals surface area contributed by atoms with Gasteiger partial charge in [-0.2, -0.15) is 0 Å². The van der Waals surface area contributed by atoms with Crippen molar-refractivity contribution in [2.45, 2.75) is 90.8 Å². The summed E-state index contributed by atoms with van der Waals surface area (Å²) in [5.74, 6) is 0.946. The summed E-state index contributed by atoms with van der Waals surface area (Å²) in [4.78, 5) is 13.9. The smallest absolute Gasteiger partial charge is 0.169 e. The molecular weight excluding hydrogens is 462 g/mol. The van der Waals surface area contributed by atoms with Crippen molar-refractivity contribution in [2.75, 3.05) is 5.33 Å². The van der Waals surface area contributed by atoms with E-state index in [0.717, 1.165) is 18.2 Å². The normalized spacial score (nSPS) is 31.2. The zero-order valence-corrected chi connectivity index (χ0v) is 23.2. The van der Waals surface area contributed by atoms with Crippen LogP contribution in [0.3, 0.4) is 0 Å². The zero-order valence-electron chi connectivity index (χ0n) is 20.6. The van der Waals surface area contributed by atoms with Gasteiger partial charge in [0.05, 0.1) is 0 Å². The van der Waals surface area contributed by atoms with Crippen molar-refractivity contribution in [1.29, 1.82) is 0 Å². The van der Waals surface area contributed by atoms with Gasteiger partial charge < -0.3 is 4.23 Å². The van der Waals surface area contributed by atoms with Gasteiger partial charge >= 0.3 is 0 Å². The van der Waals surface area contributed by atoms with Crippen LogP contribution in [-0.4, -0.2) is 23.6 Å². The van der Waals surface area contributed by atoms with Crippen molar-refractivity contribution in [3.05, 3.63) is 36.0 Å². The van der Waals surface area contributed by atoms with Crippen LogP contribution in [0.5, 0.6) is 0 Å². The van der Waals surface area contributed by atoms with Crippen LogP contribution < -0.4 is 0 Å². The highest BCUT2D eigenvalue weighted by atomic mass is 79.9. The number of alkyl halides is 1. The number of hydrogen-bond acceptors (Lipinski definition) is 1. The summed E-state index contributed by atoms with van der Waals surface area (Å²) in [5.41, 5.74) is 4.35. The molecule has 1 aromatic heterocycles. The Morgan fingerprint density at radius 2 is 1.65 bits per heavy atom. The number of halogens is 1. The summed E-state index contributed by atoms with van der Waals surface area (Å²) < 4.78 is 2.71. The standard InChI is InChI=1S/C27H40BrNOSi/c1-17(2)31(18(3)4,19(5)6)29-15-21(20-11-9-10-12-23(20)29)24-22-13-14-26(7,25(24)30)27(22,8)16-28/h9-12,15,17-19,22,24H,13-14,16H2,1-8H3/t22-,24+,26+,27-/m1/s1. The molecule has 1 heterocycles. The summed E-state index contributed by atoms with van der Waals surface area (Å²) in [7, 11) is -1.91. The molecule has 0 unspecified atom stereocenters. The Kier molecular flexibility index (Phi) is 5.70. The topological polar surface area (TPSA) is 22.0 Å². The number of para-hydroxylation sites is 1. The minimum absolute atomic E-state index is 0.0330. The van der Waals surface area contributed by atoms with E-state index in [1.165, 1.54) is 16.5 Å². The molecular formula is C27H40BrNOSi. The van der Waals surface area contributed by atoms with Gasteiger partial charge in [-0.3, -0.25) is 4.79 Å². The number of carbonyl (C=O) groups excluding carboxylic acids is 1. The zero-order chi connectivity index (χ0) is 22.9. The Morgan fingerprint density at radius 3 is 2.16 bits per heavy atom. The Morgan fingerprint density at radius 1 is 1.06 bits per heavy atom. The van der Waals surface area contributed by atoms with Gasteiger partial charge in [-0.25, -0.2) is 0 Å². The molecule has 0 spiro atoms. The number of aromatic nitrogens is 1. The van der Waals surface area contributed by atoms with Crippen molar-refractivity contribution in [2.24, 2.45) is 16.7 Å². The molecule has 4 heteroatoms. The highest BCUT2D eigenvalue weighted by molar-refractivity contribution is 9.09. The van der Waals surface area contributed by atoms with Crippen molar-refractivity contribution in [3.8, 4) is 0 Å². The predicted octanol–water partition coefficient (Wildman–Crippen LogP) is 8.15. The molecule has 0 radical (unpaired) electrons. The molecule has 1 aromatic carbocycles. The Balaban J connectivity index is 1.99. The summed E-state index contributed by atoms with van der Waals surface area (Å²) in [6.07, 6.45) is 4.66. The molecule has 0 saturated heterocycles. The second-order valence-corrected chi connectivity index (χ2v) is 18.0. The predicted molar refractivity (Wildman–Crippen MR) is 139 cm³/mol. The first kappa shape index (κ1) is 23.3.